The molecule has 1 aromatic heterocycles. The fraction of sp³-hybridized carbons (Fsp3) is 0.615. The van der Waals surface area contributed by atoms with E-state index in [1.54, 1.807) is 0 Å². The summed E-state index contributed by atoms with van der Waals surface area (Å²) in [4.78, 5) is 4.32. The molecular formula is C13H20BrN. The molecule has 84 valence electrons. The number of nitrogens with zero attached hydrogens (tertiary/aromatic N) is 1. The molecule has 1 aromatic rings. The van der Waals surface area contributed by atoms with Gasteiger partial charge in [0.1, 0.15) is 0 Å². The van der Waals surface area contributed by atoms with Crippen molar-refractivity contribution in [2.24, 2.45) is 0 Å². The van der Waals surface area contributed by atoms with Crippen molar-refractivity contribution in [3.8, 4) is 0 Å². The van der Waals surface area contributed by atoms with E-state index >= 15 is 0 Å². The summed E-state index contributed by atoms with van der Waals surface area (Å²) in [5.41, 5.74) is 1.23. The molecule has 0 radical (unpaired) electrons. The Morgan fingerprint density at radius 3 is 2.33 bits per heavy atom. The van der Waals surface area contributed by atoms with E-state index in [9.17, 15) is 0 Å². The van der Waals surface area contributed by atoms with Crippen molar-refractivity contribution in [2.75, 3.05) is 5.33 Å². The highest BCUT2D eigenvalue weighted by molar-refractivity contribution is 9.09. The number of aryl methyl sites for hydroxylation is 1. The SMILES string of the molecule is BrCCCCCCCCc1ccccn1. The summed E-state index contributed by atoms with van der Waals surface area (Å²) >= 11 is 3.45. The Morgan fingerprint density at radius 2 is 1.67 bits per heavy atom. The highest BCUT2D eigenvalue weighted by Crippen LogP contribution is 2.08. The number of rotatable bonds is 8. The Labute approximate surface area is 101 Å². The van der Waals surface area contributed by atoms with Crippen molar-refractivity contribution in [1.29, 1.82) is 0 Å². The lowest BCUT2D eigenvalue weighted by Gasteiger charge is -2.01. The van der Waals surface area contributed by atoms with Crippen LogP contribution in [-0.2, 0) is 6.42 Å². The predicted octanol–water partition coefficient (Wildman–Crippen LogP) is 4.36. The molecule has 0 aliphatic rings. The van der Waals surface area contributed by atoms with E-state index in [1.807, 2.05) is 12.3 Å². The van der Waals surface area contributed by atoms with Crippen LogP contribution in [0.25, 0.3) is 0 Å². The molecule has 1 nitrogen and oxygen atoms in total. The molecule has 0 atom stereocenters. The van der Waals surface area contributed by atoms with Crippen molar-refractivity contribution in [2.45, 2.75) is 44.9 Å². The van der Waals surface area contributed by atoms with Crippen LogP contribution in [0.4, 0.5) is 0 Å². The lowest BCUT2D eigenvalue weighted by molar-refractivity contribution is 0.607. The van der Waals surface area contributed by atoms with Crippen LogP contribution in [0.5, 0.6) is 0 Å². The quantitative estimate of drug-likeness (QED) is 0.505. The standard InChI is InChI=1S/C13H20BrN/c14-11-7-4-2-1-3-5-9-13-10-6-8-12-15-13/h6,8,10,12H,1-5,7,9,11H2. The minimum absolute atomic E-state index is 1.14. The van der Waals surface area contributed by atoms with Gasteiger partial charge in [0.15, 0.2) is 0 Å². The molecule has 0 saturated carbocycles. The number of hydrogen-bond donors (Lipinski definition) is 0. The maximum Gasteiger partial charge on any atom is 0.0403 e. The maximum absolute atomic E-state index is 4.32. The zero-order valence-electron chi connectivity index (χ0n) is 9.29. The summed E-state index contributed by atoms with van der Waals surface area (Å²) in [7, 11) is 0. The van der Waals surface area contributed by atoms with E-state index < -0.39 is 0 Å². The van der Waals surface area contributed by atoms with E-state index in [0.29, 0.717) is 0 Å². The average molecular weight is 270 g/mol. The van der Waals surface area contributed by atoms with Gasteiger partial charge in [-0.25, -0.2) is 0 Å². The van der Waals surface area contributed by atoms with Crippen LogP contribution in [0.2, 0.25) is 0 Å². The summed E-state index contributed by atoms with van der Waals surface area (Å²) in [5.74, 6) is 0. The van der Waals surface area contributed by atoms with Gasteiger partial charge < -0.3 is 0 Å². The fourth-order valence-electron chi connectivity index (χ4n) is 1.65. The van der Waals surface area contributed by atoms with Gasteiger partial charge in [-0.2, -0.15) is 0 Å². The third kappa shape index (κ3) is 6.67. The number of hydrogen-bond acceptors (Lipinski definition) is 1. The molecule has 2 heteroatoms. The first kappa shape index (κ1) is 12.7. The average Bonchev–Trinajstić information content (AvgIpc) is 2.29. The Kier molecular flexibility index (Phi) is 7.53. The normalized spacial score (nSPS) is 10.5. The molecule has 0 spiro atoms. The molecule has 0 unspecified atom stereocenters. The van der Waals surface area contributed by atoms with E-state index in [2.05, 4.69) is 33.0 Å². The largest absolute Gasteiger partial charge is 0.261 e. The molecule has 1 heterocycles. The second kappa shape index (κ2) is 8.90. The summed E-state index contributed by atoms with van der Waals surface area (Å²) in [5, 5.41) is 1.15. The topological polar surface area (TPSA) is 12.9 Å². The smallest absolute Gasteiger partial charge is 0.0403 e. The van der Waals surface area contributed by atoms with E-state index in [1.165, 1.54) is 44.2 Å². The predicted molar refractivity (Wildman–Crippen MR) is 69.4 cm³/mol. The number of aromatic nitrogens is 1. The second-order valence-corrected chi connectivity index (χ2v) is 4.67. The lowest BCUT2D eigenvalue weighted by Crippen LogP contribution is -1.89. The number of unbranched alkanes of at least 4 members (excludes halogenated alkanes) is 5. The molecule has 0 fully saturated rings. The van der Waals surface area contributed by atoms with Gasteiger partial charge in [-0.3, -0.25) is 4.98 Å². The zero-order chi connectivity index (χ0) is 10.8. The number of halogens is 1. The van der Waals surface area contributed by atoms with Gasteiger partial charge in [0.05, 0.1) is 0 Å². The minimum atomic E-state index is 1.14. The summed E-state index contributed by atoms with van der Waals surface area (Å²) < 4.78 is 0. The highest BCUT2D eigenvalue weighted by Gasteiger charge is 1.94. The zero-order valence-corrected chi connectivity index (χ0v) is 10.9. The van der Waals surface area contributed by atoms with Gasteiger partial charge in [-0.1, -0.05) is 47.7 Å². The van der Waals surface area contributed by atoms with Gasteiger partial charge in [-0.05, 0) is 31.4 Å². The fourth-order valence-corrected chi connectivity index (χ4v) is 2.05. The molecule has 0 N–H and O–H groups in total. The molecule has 1 rings (SSSR count). The monoisotopic (exact) mass is 269 g/mol. The molecule has 0 aromatic carbocycles. The van der Waals surface area contributed by atoms with Crippen LogP contribution in [-0.4, -0.2) is 10.3 Å². The molecule has 0 bridgehead atoms. The van der Waals surface area contributed by atoms with E-state index in [0.717, 1.165) is 11.8 Å². The Hall–Kier alpha value is -0.370. The van der Waals surface area contributed by atoms with Crippen molar-refractivity contribution >= 4 is 15.9 Å². The van der Waals surface area contributed by atoms with Crippen LogP contribution in [0.15, 0.2) is 24.4 Å². The lowest BCUT2D eigenvalue weighted by atomic mass is 10.1. The van der Waals surface area contributed by atoms with Crippen LogP contribution >= 0.6 is 15.9 Å². The molecule has 0 aliphatic carbocycles. The number of alkyl halides is 1. The molecular weight excluding hydrogens is 250 g/mol. The first-order valence-electron chi connectivity index (χ1n) is 5.89. The van der Waals surface area contributed by atoms with Crippen LogP contribution < -0.4 is 0 Å². The van der Waals surface area contributed by atoms with Crippen molar-refractivity contribution in [3.63, 3.8) is 0 Å². The van der Waals surface area contributed by atoms with E-state index in [-0.39, 0.29) is 0 Å². The van der Waals surface area contributed by atoms with Gasteiger partial charge in [0.2, 0.25) is 0 Å². The van der Waals surface area contributed by atoms with Crippen molar-refractivity contribution < 1.29 is 0 Å². The Morgan fingerprint density at radius 1 is 0.933 bits per heavy atom. The minimum Gasteiger partial charge on any atom is -0.261 e. The van der Waals surface area contributed by atoms with E-state index in [4.69, 9.17) is 0 Å². The highest BCUT2D eigenvalue weighted by atomic mass is 79.9. The van der Waals surface area contributed by atoms with Gasteiger partial charge in [0.25, 0.3) is 0 Å². The second-order valence-electron chi connectivity index (χ2n) is 3.88. The molecule has 15 heavy (non-hydrogen) atoms. The Bertz CT molecular complexity index is 236. The van der Waals surface area contributed by atoms with Gasteiger partial charge in [0, 0.05) is 17.2 Å². The summed E-state index contributed by atoms with van der Waals surface area (Å²) in [6.07, 6.45) is 11.1. The third-order valence-corrected chi connectivity index (χ3v) is 3.10. The first-order valence-corrected chi connectivity index (χ1v) is 7.01. The summed E-state index contributed by atoms with van der Waals surface area (Å²) in [6, 6.07) is 6.16. The first-order chi connectivity index (χ1) is 7.43. The van der Waals surface area contributed by atoms with Crippen molar-refractivity contribution in [1.82, 2.24) is 4.98 Å². The van der Waals surface area contributed by atoms with Gasteiger partial charge in [-0.15, -0.1) is 0 Å². The number of pyridine rings is 1. The third-order valence-electron chi connectivity index (χ3n) is 2.54. The maximum atomic E-state index is 4.32. The Balaban J connectivity index is 1.93. The van der Waals surface area contributed by atoms with Crippen molar-refractivity contribution in [3.05, 3.63) is 30.1 Å². The van der Waals surface area contributed by atoms with Crippen LogP contribution in [0, 0.1) is 0 Å². The van der Waals surface area contributed by atoms with Gasteiger partial charge >= 0.3 is 0 Å². The molecule has 0 aliphatic heterocycles. The van der Waals surface area contributed by atoms with Crippen LogP contribution in [0.3, 0.4) is 0 Å². The molecule has 0 amide bonds. The van der Waals surface area contributed by atoms with Crippen LogP contribution in [0.1, 0.15) is 44.2 Å². The summed E-state index contributed by atoms with van der Waals surface area (Å²) in [6.45, 7) is 0. The molecule has 0 saturated heterocycles.